The van der Waals surface area contributed by atoms with E-state index in [1.807, 2.05) is 51.1 Å². The van der Waals surface area contributed by atoms with Crippen molar-refractivity contribution in [2.45, 2.75) is 38.6 Å². The molecule has 1 aromatic carbocycles. The molecule has 2 aromatic rings. The molecular formula is C19H23N3O4. The van der Waals surface area contributed by atoms with Crippen LogP contribution in [0.1, 0.15) is 37.8 Å². The molecule has 1 heterocycles. The molecule has 0 radical (unpaired) electrons. The molecule has 0 saturated carbocycles. The lowest BCUT2D eigenvalue weighted by Crippen LogP contribution is -2.46. The Morgan fingerprint density at radius 3 is 2.54 bits per heavy atom. The number of benzene rings is 1. The average Bonchev–Trinajstić information content (AvgIpc) is 3.03. The van der Waals surface area contributed by atoms with E-state index in [1.54, 1.807) is 0 Å². The molecule has 26 heavy (non-hydrogen) atoms. The second-order valence-electron chi connectivity index (χ2n) is 6.96. The molecule has 0 spiro atoms. The zero-order chi connectivity index (χ0) is 19.3. The second kappa shape index (κ2) is 7.86. The fraction of sp³-hybridized carbons (Fsp3) is 0.316. The fourth-order valence-electron chi connectivity index (χ4n) is 2.42. The molecule has 0 bridgehead atoms. The Balaban J connectivity index is 2.14. The Kier molecular flexibility index (Phi) is 5.82. The first-order valence-electron chi connectivity index (χ1n) is 8.17. The number of carbonyl (C=O) groups excluding carboxylic acids is 2. The molecule has 2 amide bonds. The van der Waals surface area contributed by atoms with E-state index < -0.39 is 23.6 Å². The number of hydrogen-bond acceptors (Lipinski definition) is 5. The maximum absolute atomic E-state index is 12.2. The van der Waals surface area contributed by atoms with Gasteiger partial charge in [-0.15, -0.1) is 0 Å². The van der Waals surface area contributed by atoms with E-state index >= 15 is 0 Å². The van der Waals surface area contributed by atoms with Crippen LogP contribution in [0, 0.1) is 0 Å². The van der Waals surface area contributed by atoms with Gasteiger partial charge >= 0.3 is 0 Å². The van der Waals surface area contributed by atoms with Gasteiger partial charge in [-0.05, 0) is 5.56 Å². The number of primary amides is 1. The smallest absolute Gasteiger partial charge is 0.286 e. The van der Waals surface area contributed by atoms with Crippen LogP contribution in [0.2, 0.25) is 0 Å². The third-order valence-electron chi connectivity index (χ3n) is 3.71. The molecular weight excluding hydrogens is 334 g/mol. The van der Waals surface area contributed by atoms with Gasteiger partial charge in [0.2, 0.25) is 5.91 Å². The number of aromatic nitrogens is 1. The van der Waals surface area contributed by atoms with Gasteiger partial charge in [0.25, 0.3) is 5.91 Å². The van der Waals surface area contributed by atoms with Gasteiger partial charge in [0, 0.05) is 17.9 Å². The summed E-state index contributed by atoms with van der Waals surface area (Å²) in [5.74, 6) is -1.55. The Bertz CT molecular complexity index is 804. The molecule has 2 rings (SSSR count). The minimum absolute atomic E-state index is 0.229. The van der Waals surface area contributed by atoms with Crippen molar-refractivity contribution in [1.29, 1.82) is 0 Å². The van der Waals surface area contributed by atoms with Crippen LogP contribution in [-0.2, 0) is 21.4 Å². The predicted molar refractivity (Wildman–Crippen MR) is 97.1 cm³/mol. The largest absolute Gasteiger partial charge is 0.503 e. The molecule has 7 nitrogen and oxygen atoms in total. The minimum Gasteiger partial charge on any atom is -0.503 e. The van der Waals surface area contributed by atoms with Gasteiger partial charge < -0.3 is 20.6 Å². The Hall–Kier alpha value is -3.09. The molecule has 138 valence electrons. The van der Waals surface area contributed by atoms with E-state index in [0.717, 1.165) is 5.56 Å². The summed E-state index contributed by atoms with van der Waals surface area (Å²) in [7, 11) is 0. The molecule has 0 aliphatic rings. The summed E-state index contributed by atoms with van der Waals surface area (Å²) in [4.78, 5) is 27.9. The predicted octanol–water partition coefficient (Wildman–Crippen LogP) is 2.08. The van der Waals surface area contributed by atoms with Crippen LogP contribution in [0.4, 0.5) is 0 Å². The summed E-state index contributed by atoms with van der Waals surface area (Å²) >= 11 is 0. The SMILES string of the molecule is CC(C)(C)c1ocnc1C=C(O)C(=O)NC(Cc1ccccc1)C(N)=O. The molecule has 1 unspecified atom stereocenters. The van der Waals surface area contributed by atoms with E-state index in [2.05, 4.69) is 10.3 Å². The van der Waals surface area contributed by atoms with Crippen LogP contribution >= 0.6 is 0 Å². The van der Waals surface area contributed by atoms with Gasteiger partial charge in [0.05, 0.1) is 0 Å². The van der Waals surface area contributed by atoms with Crippen molar-refractivity contribution in [2.24, 2.45) is 5.73 Å². The number of hydrogen-bond donors (Lipinski definition) is 3. The number of oxazole rings is 1. The van der Waals surface area contributed by atoms with Crippen LogP contribution in [-0.4, -0.2) is 27.9 Å². The van der Waals surface area contributed by atoms with Gasteiger partial charge in [-0.3, -0.25) is 9.59 Å². The van der Waals surface area contributed by atoms with E-state index in [1.165, 1.54) is 12.5 Å². The number of nitrogens with two attached hydrogens (primary N) is 1. The van der Waals surface area contributed by atoms with Crippen molar-refractivity contribution in [3.8, 4) is 0 Å². The van der Waals surface area contributed by atoms with Gasteiger partial charge in [-0.25, -0.2) is 4.98 Å². The van der Waals surface area contributed by atoms with E-state index in [9.17, 15) is 14.7 Å². The van der Waals surface area contributed by atoms with E-state index in [0.29, 0.717) is 11.5 Å². The summed E-state index contributed by atoms with van der Waals surface area (Å²) < 4.78 is 5.34. The lowest BCUT2D eigenvalue weighted by Gasteiger charge is -2.16. The fourth-order valence-corrected chi connectivity index (χ4v) is 2.42. The monoisotopic (exact) mass is 357 g/mol. The molecule has 0 aliphatic heterocycles. The van der Waals surface area contributed by atoms with Gasteiger partial charge in [0.1, 0.15) is 17.5 Å². The quantitative estimate of drug-likeness (QED) is 0.540. The van der Waals surface area contributed by atoms with Gasteiger partial charge in [-0.1, -0.05) is 51.1 Å². The number of rotatable bonds is 6. The summed E-state index contributed by atoms with van der Waals surface area (Å²) in [5.41, 5.74) is 6.21. The Morgan fingerprint density at radius 2 is 1.96 bits per heavy atom. The first-order chi connectivity index (χ1) is 12.2. The number of aliphatic hydroxyl groups is 1. The van der Waals surface area contributed by atoms with Crippen LogP contribution in [0.25, 0.3) is 6.08 Å². The first-order valence-corrected chi connectivity index (χ1v) is 8.17. The number of carbonyl (C=O) groups is 2. The van der Waals surface area contributed by atoms with Crippen molar-refractivity contribution in [2.75, 3.05) is 0 Å². The normalized spacial score (nSPS) is 13.3. The first kappa shape index (κ1) is 19.2. The third-order valence-corrected chi connectivity index (χ3v) is 3.71. The summed E-state index contributed by atoms with van der Waals surface area (Å²) in [5, 5.41) is 12.5. The maximum atomic E-state index is 12.2. The molecule has 0 saturated heterocycles. The van der Waals surface area contributed by atoms with Crippen molar-refractivity contribution in [3.05, 3.63) is 59.5 Å². The average molecular weight is 357 g/mol. The molecule has 4 N–H and O–H groups in total. The minimum atomic E-state index is -0.945. The summed E-state index contributed by atoms with van der Waals surface area (Å²) in [6.07, 6.45) is 2.69. The van der Waals surface area contributed by atoms with Crippen LogP contribution in [0.3, 0.4) is 0 Å². The van der Waals surface area contributed by atoms with Crippen molar-refractivity contribution < 1.29 is 19.1 Å². The van der Waals surface area contributed by atoms with Crippen LogP contribution in [0.5, 0.6) is 0 Å². The molecule has 0 fully saturated rings. The molecule has 1 aromatic heterocycles. The zero-order valence-electron chi connectivity index (χ0n) is 15.0. The number of amides is 2. The zero-order valence-corrected chi connectivity index (χ0v) is 15.0. The van der Waals surface area contributed by atoms with Crippen molar-refractivity contribution in [1.82, 2.24) is 10.3 Å². The van der Waals surface area contributed by atoms with E-state index in [4.69, 9.17) is 10.2 Å². The highest BCUT2D eigenvalue weighted by Gasteiger charge is 2.24. The van der Waals surface area contributed by atoms with Gasteiger partial charge in [-0.2, -0.15) is 0 Å². The highest BCUT2D eigenvalue weighted by molar-refractivity contribution is 5.98. The lowest BCUT2D eigenvalue weighted by molar-refractivity contribution is -0.126. The molecule has 0 aliphatic carbocycles. The van der Waals surface area contributed by atoms with Crippen LogP contribution < -0.4 is 11.1 Å². The second-order valence-corrected chi connectivity index (χ2v) is 6.96. The summed E-state index contributed by atoms with van der Waals surface area (Å²) in [6, 6.07) is 8.20. The number of nitrogens with zero attached hydrogens (tertiary/aromatic N) is 1. The molecule has 1 atom stereocenters. The third kappa shape index (κ3) is 4.95. The van der Waals surface area contributed by atoms with Gasteiger partial charge in [0.15, 0.2) is 12.2 Å². The number of nitrogens with one attached hydrogen (secondary N) is 1. The van der Waals surface area contributed by atoms with E-state index in [-0.39, 0.29) is 11.8 Å². The van der Waals surface area contributed by atoms with Crippen molar-refractivity contribution >= 4 is 17.9 Å². The summed E-state index contributed by atoms with van der Waals surface area (Å²) in [6.45, 7) is 5.76. The Labute approximate surface area is 151 Å². The maximum Gasteiger partial charge on any atom is 0.286 e. The van der Waals surface area contributed by atoms with Crippen LogP contribution in [0.15, 0.2) is 46.9 Å². The topological polar surface area (TPSA) is 118 Å². The number of aliphatic hydroxyl groups excluding tert-OH is 1. The highest BCUT2D eigenvalue weighted by Crippen LogP contribution is 2.26. The highest BCUT2D eigenvalue weighted by atomic mass is 16.3. The molecule has 7 heteroatoms. The standard InChI is InChI=1S/C19H23N3O4/c1-19(2,3)16-13(21-11-26-16)10-15(23)18(25)22-14(17(20)24)9-12-7-5-4-6-8-12/h4-8,10-11,14,23H,9H2,1-3H3,(H2,20,24)(H,22,25). The Morgan fingerprint density at radius 1 is 1.31 bits per heavy atom. The van der Waals surface area contributed by atoms with Crippen molar-refractivity contribution in [3.63, 3.8) is 0 Å². The lowest BCUT2D eigenvalue weighted by atomic mass is 9.91.